The Morgan fingerprint density at radius 2 is 1.97 bits per heavy atom. The van der Waals surface area contributed by atoms with E-state index in [1.165, 1.54) is 41.0 Å². The Balaban J connectivity index is 2.04. The molecule has 10 heteroatoms. The first-order chi connectivity index (χ1) is 14.9. The minimum absolute atomic E-state index is 0.156. The maximum atomic E-state index is 13.2. The van der Waals surface area contributed by atoms with Crippen molar-refractivity contribution in [1.82, 2.24) is 19.7 Å². The van der Waals surface area contributed by atoms with Crippen molar-refractivity contribution in [3.05, 3.63) is 92.1 Å². The molecule has 0 atom stereocenters. The molecule has 1 amide bonds. The van der Waals surface area contributed by atoms with E-state index >= 15 is 0 Å². The average molecular weight is 423 g/mol. The van der Waals surface area contributed by atoms with Crippen LogP contribution in [0, 0.1) is 17.0 Å². The van der Waals surface area contributed by atoms with E-state index < -0.39 is 16.3 Å². The van der Waals surface area contributed by atoms with Crippen LogP contribution in [0.4, 0.5) is 5.69 Å². The molecule has 0 saturated heterocycles. The van der Waals surface area contributed by atoms with Gasteiger partial charge in [-0.15, -0.1) is 0 Å². The van der Waals surface area contributed by atoms with E-state index in [0.717, 1.165) is 0 Å². The number of aromatic nitrogens is 3. The molecule has 0 aliphatic rings. The molecule has 3 aromatic rings. The first-order valence-corrected chi connectivity index (χ1v) is 9.45. The van der Waals surface area contributed by atoms with Crippen LogP contribution >= 0.6 is 0 Å². The van der Waals surface area contributed by atoms with E-state index in [0.29, 0.717) is 11.4 Å². The fourth-order valence-electron chi connectivity index (χ4n) is 3.03. The van der Waals surface area contributed by atoms with E-state index in [-0.39, 0.29) is 36.8 Å². The number of para-hydroxylation sites is 2. The minimum atomic E-state index is -0.611. The number of nitro groups is 1. The number of carbonyl (C=O) groups is 1. The zero-order valence-corrected chi connectivity index (χ0v) is 17.1. The topological polar surface area (TPSA) is 120 Å². The van der Waals surface area contributed by atoms with Gasteiger partial charge in [0.1, 0.15) is 5.69 Å². The maximum Gasteiger partial charge on any atom is 0.294 e. The minimum Gasteiger partial charge on any atom is -0.383 e. The molecule has 0 spiro atoms. The lowest BCUT2D eigenvalue weighted by atomic mass is 10.2. The second-order valence-electron chi connectivity index (χ2n) is 6.70. The number of methoxy groups -OCH3 is 1. The first kappa shape index (κ1) is 21.8. The van der Waals surface area contributed by atoms with Gasteiger partial charge in [0.25, 0.3) is 11.6 Å². The molecular formula is C21H21N5O5. The average Bonchev–Trinajstić information content (AvgIpc) is 2.77. The largest absolute Gasteiger partial charge is 0.383 e. The van der Waals surface area contributed by atoms with Gasteiger partial charge in [-0.25, -0.2) is 4.68 Å². The standard InChI is InChI=1S/C21H21N5O5/c1-15-13-19(27)20(23-25(15)17-8-3-4-9-18(17)26(29)30)21(28)24(11-12-31-2)14-16-7-5-6-10-22-16/h3-10,13H,11-12,14H2,1-2H3. The van der Waals surface area contributed by atoms with Crippen LogP contribution < -0.4 is 5.43 Å². The molecule has 0 unspecified atom stereocenters. The third-order valence-corrected chi connectivity index (χ3v) is 4.55. The summed E-state index contributed by atoms with van der Waals surface area (Å²) in [5.41, 5.74) is 0.0655. The Morgan fingerprint density at radius 3 is 2.65 bits per heavy atom. The van der Waals surface area contributed by atoms with Crippen LogP contribution in [0.1, 0.15) is 21.9 Å². The second kappa shape index (κ2) is 9.72. The molecule has 0 bridgehead atoms. The van der Waals surface area contributed by atoms with Gasteiger partial charge in [-0.2, -0.15) is 5.10 Å². The number of amides is 1. The highest BCUT2D eigenvalue weighted by Crippen LogP contribution is 2.22. The van der Waals surface area contributed by atoms with Gasteiger partial charge in [0.2, 0.25) is 5.43 Å². The maximum absolute atomic E-state index is 13.2. The van der Waals surface area contributed by atoms with Gasteiger partial charge in [-0.05, 0) is 25.1 Å². The molecule has 0 aliphatic carbocycles. The second-order valence-corrected chi connectivity index (χ2v) is 6.70. The van der Waals surface area contributed by atoms with Crippen molar-refractivity contribution in [1.29, 1.82) is 0 Å². The Kier molecular flexibility index (Phi) is 6.83. The lowest BCUT2D eigenvalue weighted by Gasteiger charge is -2.22. The number of rotatable bonds is 8. The molecule has 2 aromatic heterocycles. The lowest BCUT2D eigenvalue weighted by Crippen LogP contribution is -2.38. The van der Waals surface area contributed by atoms with E-state index in [4.69, 9.17) is 4.74 Å². The number of benzene rings is 1. The van der Waals surface area contributed by atoms with Crippen molar-refractivity contribution in [2.45, 2.75) is 13.5 Å². The van der Waals surface area contributed by atoms with Crippen molar-refractivity contribution in [2.24, 2.45) is 0 Å². The first-order valence-electron chi connectivity index (χ1n) is 9.45. The van der Waals surface area contributed by atoms with Gasteiger partial charge < -0.3 is 9.64 Å². The quantitative estimate of drug-likeness (QED) is 0.402. The number of nitro benzene ring substituents is 1. The summed E-state index contributed by atoms with van der Waals surface area (Å²) in [5.74, 6) is -0.611. The van der Waals surface area contributed by atoms with Crippen molar-refractivity contribution < 1.29 is 14.5 Å². The van der Waals surface area contributed by atoms with Gasteiger partial charge in [0.05, 0.1) is 23.8 Å². The monoisotopic (exact) mass is 423 g/mol. The van der Waals surface area contributed by atoms with Gasteiger partial charge >= 0.3 is 0 Å². The summed E-state index contributed by atoms with van der Waals surface area (Å²) in [5, 5.41) is 15.6. The van der Waals surface area contributed by atoms with E-state index in [1.54, 1.807) is 37.4 Å². The highest BCUT2D eigenvalue weighted by atomic mass is 16.6. The number of carbonyl (C=O) groups excluding carboxylic acids is 1. The summed E-state index contributed by atoms with van der Waals surface area (Å²) in [4.78, 5) is 42.4. The lowest BCUT2D eigenvalue weighted by molar-refractivity contribution is -0.384. The Bertz CT molecular complexity index is 1150. The summed E-state index contributed by atoms with van der Waals surface area (Å²) in [6.07, 6.45) is 1.61. The van der Waals surface area contributed by atoms with Crippen LogP contribution in [0.25, 0.3) is 5.69 Å². The molecule has 10 nitrogen and oxygen atoms in total. The van der Waals surface area contributed by atoms with Crippen LogP contribution in [-0.2, 0) is 11.3 Å². The van der Waals surface area contributed by atoms with Crippen LogP contribution in [-0.4, -0.2) is 50.8 Å². The number of aryl methyl sites for hydroxylation is 1. The van der Waals surface area contributed by atoms with Gasteiger partial charge in [0.15, 0.2) is 5.69 Å². The molecule has 31 heavy (non-hydrogen) atoms. The molecule has 0 fully saturated rings. The Labute approximate surface area is 177 Å². The van der Waals surface area contributed by atoms with Gasteiger partial charge in [-0.3, -0.25) is 24.7 Å². The highest BCUT2D eigenvalue weighted by molar-refractivity contribution is 5.92. The molecule has 0 radical (unpaired) electrons. The molecule has 0 N–H and O–H groups in total. The van der Waals surface area contributed by atoms with Gasteiger partial charge in [0, 0.05) is 37.7 Å². The number of hydrogen-bond acceptors (Lipinski definition) is 7. The highest BCUT2D eigenvalue weighted by Gasteiger charge is 2.24. The number of ether oxygens (including phenoxy) is 1. The fraction of sp³-hybridized carbons (Fsp3) is 0.238. The summed E-state index contributed by atoms with van der Waals surface area (Å²) < 4.78 is 6.33. The Hall–Kier alpha value is -3.92. The molecular weight excluding hydrogens is 402 g/mol. The number of nitrogens with zero attached hydrogens (tertiary/aromatic N) is 5. The molecule has 1 aromatic carbocycles. The van der Waals surface area contributed by atoms with E-state index in [9.17, 15) is 19.7 Å². The zero-order valence-electron chi connectivity index (χ0n) is 17.1. The van der Waals surface area contributed by atoms with Crippen LogP contribution in [0.3, 0.4) is 0 Å². The third-order valence-electron chi connectivity index (χ3n) is 4.55. The summed E-state index contributed by atoms with van der Waals surface area (Å²) in [7, 11) is 1.51. The smallest absolute Gasteiger partial charge is 0.294 e. The van der Waals surface area contributed by atoms with Crippen LogP contribution in [0.5, 0.6) is 0 Å². The normalized spacial score (nSPS) is 10.6. The van der Waals surface area contributed by atoms with Crippen LogP contribution in [0.15, 0.2) is 59.5 Å². The third kappa shape index (κ3) is 4.98. The van der Waals surface area contributed by atoms with Crippen molar-refractivity contribution >= 4 is 11.6 Å². The number of hydrogen-bond donors (Lipinski definition) is 0. The van der Waals surface area contributed by atoms with Crippen molar-refractivity contribution in [2.75, 3.05) is 20.3 Å². The van der Waals surface area contributed by atoms with Crippen molar-refractivity contribution in [3.63, 3.8) is 0 Å². The van der Waals surface area contributed by atoms with E-state index in [2.05, 4.69) is 10.1 Å². The molecule has 160 valence electrons. The molecule has 2 heterocycles. The Morgan fingerprint density at radius 1 is 1.23 bits per heavy atom. The molecule has 0 saturated carbocycles. The fourth-order valence-corrected chi connectivity index (χ4v) is 3.03. The summed E-state index contributed by atoms with van der Waals surface area (Å²) in [6, 6.07) is 12.6. The van der Waals surface area contributed by atoms with Crippen LogP contribution in [0.2, 0.25) is 0 Å². The van der Waals surface area contributed by atoms with E-state index in [1.807, 2.05) is 0 Å². The predicted octanol–water partition coefficient (Wildman–Crippen LogP) is 2.13. The zero-order chi connectivity index (χ0) is 22.4. The predicted molar refractivity (Wildman–Crippen MR) is 112 cm³/mol. The summed E-state index contributed by atoms with van der Waals surface area (Å²) >= 11 is 0. The van der Waals surface area contributed by atoms with Crippen molar-refractivity contribution in [3.8, 4) is 5.69 Å². The van der Waals surface area contributed by atoms with Gasteiger partial charge in [-0.1, -0.05) is 18.2 Å². The SMILES string of the molecule is COCCN(Cc1ccccn1)C(=O)c1nn(-c2ccccc2[N+](=O)[O-])c(C)cc1=O. The number of pyridine rings is 1. The molecule has 0 aliphatic heterocycles. The molecule has 3 rings (SSSR count). The summed E-state index contributed by atoms with van der Waals surface area (Å²) in [6.45, 7) is 2.22.